The van der Waals surface area contributed by atoms with Gasteiger partial charge >= 0.3 is 0 Å². The van der Waals surface area contributed by atoms with Crippen LogP contribution in [0.15, 0.2) is 36.4 Å². The molecule has 3 heteroatoms. The highest BCUT2D eigenvalue weighted by Crippen LogP contribution is 2.32. The van der Waals surface area contributed by atoms with Gasteiger partial charge in [0.05, 0.1) is 7.11 Å². The first-order chi connectivity index (χ1) is 9.15. The van der Waals surface area contributed by atoms with Crippen molar-refractivity contribution in [3.8, 4) is 16.9 Å². The molecule has 0 aliphatic heterocycles. The number of rotatable bonds is 4. The zero-order valence-corrected chi connectivity index (χ0v) is 12.2. The van der Waals surface area contributed by atoms with E-state index in [9.17, 15) is 0 Å². The monoisotopic (exact) mass is 275 g/mol. The smallest absolute Gasteiger partial charge is 0.119 e. The molecule has 0 bridgehead atoms. The SMILES string of the molecule is CNCc1ccc(-c2ccc(OC)cc2C)c(Cl)c1. The first-order valence-electron chi connectivity index (χ1n) is 6.23. The van der Waals surface area contributed by atoms with Gasteiger partial charge < -0.3 is 10.1 Å². The van der Waals surface area contributed by atoms with Gasteiger partial charge in [-0.2, -0.15) is 0 Å². The molecule has 0 amide bonds. The second-order valence-electron chi connectivity index (χ2n) is 4.53. The minimum atomic E-state index is 0.779. The Morgan fingerprint density at radius 1 is 1.11 bits per heavy atom. The Balaban J connectivity index is 2.41. The highest BCUT2D eigenvalue weighted by atomic mass is 35.5. The summed E-state index contributed by atoms with van der Waals surface area (Å²) >= 11 is 6.39. The van der Waals surface area contributed by atoms with Crippen LogP contribution in [0.4, 0.5) is 0 Å². The normalized spacial score (nSPS) is 10.5. The molecule has 0 unspecified atom stereocenters. The summed E-state index contributed by atoms with van der Waals surface area (Å²) in [7, 11) is 3.60. The van der Waals surface area contributed by atoms with Crippen LogP contribution in [0.25, 0.3) is 11.1 Å². The molecule has 2 aromatic rings. The van der Waals surface area contributed by atoms with Crippen LogP contribution < -0.4 is 10.1 Å². The average Bonchev–Trinajstić information content (AvgIpc) is 2.40. The summed E-state index contributed by atoms with van der Waals surface area (Å²) in [6, 6.07) is 12.2. The molecular formula is C16H18ClNO. The molecular weight excluding hydrogens is 258 g/mol. The highest BCUT2D eigenvalue weighted by Gasteiger charge is 2.08. The van der Waals surface area contributed by atoms with Gasteiger partial charge in [0.15, 0.2) is 0 Å². The number of hydrogen-bond acceptors (Lipinski definition) is 2. The van der Waals surface area contributed by atoms with Crippen molar-refractivity contribution < 1.29 is 4.74 Å². The van der Waals surface area contributed by atoms with Crippen LogP contribution in [0.1, 0.15) is 11.1 Å². The van der Waals surface area contributed by atoms with Crippen molar-refractivity contribution in [3.63, 3.8) is 0 Å². The van der Waals surface area contributed by atoms with Gasteiger partial charge in [-0.1, -0.05) is 29.8 Å². The Labute approximate surface area is 119 Å². The minimum Gasteiger partial charge on any atom is -0.497 e. The van der Waals surface area contributed by atoms with E-state index >= 15 is 0 Å². The largest absolute Gasteiger partial charge is 0.497 e. The molecule has 0 saturated heterocycles. The van der Waals surface area contributed by atoms with Crippen molar-refractivity contribution in [1.82, 2.24) is 5.32 Å². The molecule has 1 N–H and O–H groups in total. The average molecular weight is 276 g/mol. The van der Waals surface area contributed by atoms with Crippen molar-refractivity contribution >= 4 is 11.6 Å². The molecule has 2 aromatic carbocycles. The zero-order chi connectivity index (χ0) is 13.8. The van der Waals surface area contributed by atoms with Gasteiger partial charge in [0, 0.05) is 17.1 Å². The third-order valence-corrected chi connectivity index (χ3v) is 3.45. The first-order valence-corrected chi connectivity index (χ1v) is 6.61. The van der Waals surface area contributed by atoms with Crippen molar-refractivity contribution in [1.29, 1.82) is 0 Å². The Morgan fingerprint density at radius 2 is 1.84 bits per heavy atom. The fourth-order valence-corrected chi connectivity index (χ4v) is 2.46. The highest BCUT2D eigenvalue weighted by molar-refractivity contribution is 6.33. The number of nitrogens with one attached hydrogen (secondary N) is 1. The van der Waals surface area contributed by atoms with Crippen molar-refractivity contribution in [2.75, 3.05) is 14.2 Å². The van der Waals surface area contributed by atoms with Crippen LogP contribution in [-0.4, -0.2) is 14.2 Å². The number of halogens is 1. The molecule has 19 heavy (non-hydrogen) atoms. The number of ether oxygens (including phenoxy) is 1. The third kappa shape index (κ3) is 3.09. The van der Waals surface area contributed by atoms with Crippen molar-refractivity contribution in [2.24, 2.45) is 0 Å². The Morgan fingerprint density at radius 3 is 2.42 bits per heavy atom. The second-order valence-corrected chi connectivity index (χ2v) is 4.93. The van der Waals surface area contributed by atoms with E-state index in [4.69, 9.17) is 16.3 Å². The lowest BCUT2D eigenvalue weighted by Crippen LogP contribution is -2.04. The number of hydrogen-bond donors (Lipinski definition) is 1. The lowest BCUT2D eigenvalue weighted by molar-refractivity contribution is 0.414. The number of aryl methyl sites for hydroxylation is 1. The molecule has 100 valence electrons. The topological polar surface area (TPSA) is 21.3 Å². The molecule has 0 heterocycles. The molecule has 2 rings (SSSR count). The van der Waals surface area contributed by atoms with Crippen LogP contribution in [0, 0.1) is 6.92 Å². The maximum absolute atomic E-state index is 6.39. The van der Waals surface area contributed by atoms with E-state index in [1.165, 1.54) is 5.56 Å². The summed E-state index contributed by atoms with van der Waals surface area (Å²) in [5, 5.41) is 3.90. The number of methoxy groups -OCH3 is 1. The van der Waals surface area contributed by atoms with Crippen LogP contribution in [-0.2, 0) is 6.54 Å². The van der Waals surface area contributed by atoms with Crippen LogP contribution >= 0.6 is 11.6 Å². The van der Waals surface area contributed by atoms with E-state index in [1.54, 1.807) is 7.11 Å². The summed E-state index contributed by atoms with van der Waals surface area (Å²) in [5.41, 5.74) is 4.54. The molecule has 0 atom stereocenters. The molecule has 0 aromatic heterocycles. The van der Waals surface area contributed by atoms with E-state index in [2.05, 4.69) is 24.4 Å². The van der Waals surface area contributed by atoms with Crippen molar-refractivity contribution in [3.05, 3.63) is 52.5 Å². The van der Waals surface area contributed by atoms with Crippen molar-refractivity contribution in [2.45, 2.75) is 13.5 Å². The first kappa shape index (κ1) is 13.9. The summed E-state index contributed by atoms with van der Waals surface area (Å²) < 4.78 is 5.23. The summed E-state index contributed by atoms with van der Waals surface area (Å²) in [6.45, 7) is 2.89. The van der Waals surface area contributed by atoms with Gasteiger partial charge in [-0.25, -0.2) is 0 Å². The van der Waals surface area contributed by atoms with Gasteiger partial charge in [0.1, 0.15) is 5.75 Å². The predicted octanol–water partition coefficient (Wildman–Crippen LogP) is 4.04. The second kappa shape index (κ2) is 6.09. The summed E-state index contributed by atoms with van der Waals surface area (Å²) in [6.07, 6.45) is 0. The van der Waals surface area contributed by atoms with Crippen LogP contribution in [0.5, 0.6) is 5.75 Å². The molecule has 0 aliphatic carbocycles. The lowest BCUT2D eigenvalue weighted by atomic mass is 9.99. The van der Waals surface area contributed by atoms with Crippen LogP contribution in [0.3, 0.4) is 0 Å². The van der Waals surface area contributed by atoms with E-state index in [0.29, 0.717) is 0 Å². The minimum absolute atomic E-state index is 0.779. The predicted molar refractivity (Wildman–Crippen MR) is 80.9 cm³/mol. The van der Waals surface area contributed by atoms with Gasteiger partial charge in [0.2, 0.25) is 0 Å². The maximum atomic E-state index is 6.39. The fraction of sp³-hybridized carbons (Fsp3) is 0.250. The lowest BCUT2D eigenvalue weighted by Gasteiger charge is -2.11. The molecule has 0 fully saturated rings. The molecule has 0 aliphatic rings. The van der Waals surface area contributed by atoms with Crippen LogP contribution in [0.2, 0.25) is 5.02 Å². The van der Waals surface area contributed by atoms with E-state index in [-0.39, 0.29) is 0 Å². The molecule has 0 spiro atoms. The quantitative estimate of drug-likeness (QED) is 0.909. The van der Waals surface area contributed by atoms with Gasteiger partial charge in [-0.05, 0) is 48.9 Å². The Hall–Kier alpha value is -1.51. The van der Waals surface area contributed by atoms with E-state index in [1.807, 2.05) is 31.3 Å². The van der Waals surface area contributed by atoms with Gasteiger partial charge in [0.25, 0.3) is 0 Å². The van der Waals surface area contributed by atoms with Gasteiger partial charge in [-0.3, -0.25) is 0 Å². The molecule has 0 saturated carbocycles. The number of benzene rings is 2. The maximum Gasteiger partial charge on any atom is 0.119 e. The Kier molecular flexibility index (Phi) is 4.46. The van der Waals surface area contributed by atoms with E-state index < -0.39 is 0 Å². The molecule has 2 nitrogen and oxygen atoms in total. The molecule has 0 radical (unpaired) electrons. The van der Waals surface area contributed by atoms with E-state index in [0.717, 1.165) is 34.0 Å². The van der Waals surface area contributed by atoms with Gasteiger partial charge in [-0.15, -0.1) is 0 Å². The Bertz CT molecular complexity index is 581. The summed E-state index contributed by atoms with van der Waals surface area (Å²) in [5.74, 6) is 0.865. The summed E-state index contributed by atoms with van der Waals surface area (Å²) in [4.78, 5) is 0. The zero-order valence-electron chi connectivity index (χ0n) is 11.5. The standard InChI is InChI=1S/C16H18ClNO/c1-11-8-13(19-3)5-7-14(11)15-6-4-12(10-18-2)9-16(15)17/h4-9,18H,10H2,1-3H3. The third-order valence-electron chi connectivity index (χ3n) is 3.14. The fourth-order valence-electron chi connectivity index (χ4n) is 2.16.